The molecule has 17 heavy (non-hydrogen) atoms. The van der Waals surface area contributed by atoms with Crippen LogP contribution in [0.25, 0.3) is 0 Å². The molecule has 0 amide bonds. The molecule has 3 N–H and O–H groups in total. The average molecular weight is 233 g/mol. The van der Waals surface area contributed by atoms with E-state index in [9.17, 15) is 10.2 Å². The third kappa shape index (κ3) is 1.69. The van der Waals surface area contributed by atoms with E-state index in [1.165, 1.54) is 36.8 Å². The minimum absolute atomic E-state index is 0.0181. The zero-order valence-electron chi connectivity index (χ0n) is 10.00. The summed E-state index contributed by atoms with van der Waals surface area (Å²) in [5, 5.41) is 22.8. The first-order valence-electron chi connectivity index (χ1n) is 6.47. The molecule has 0 aromatic heterocycles. The van der Waals surface area contributed by atoms with Gasteiger partial charge in [0.2, 0.25) is 0 Å². The number of piperidine rings is 1. The topological polar surface area (TPSA) is 52.5 Å². The molecule has 0 radical (unpaired) electrons. The SMILES string of the molecule is Oc1cc2c(cc1O)C1(CCCNC1)CCC2. The highest BCUT2D eigenvalue weighted by Gasteiger charge is 2.38. The number of nitrogens with one attached hydrogen (secondary N) is 1. The Morgan fingerprint density at radius 2 is 1.82 bits per heavy atom. The molecule has 1 aliphatic carbocycles. The Kier molecular flexibility index (Phi) is 2.51. The summed E-state index contributed by atoms with van der Waals surface area (Å²) in [7, 11) is 0. The second-order valence-electron chi connectivity index (χ2n) is 5.41. The van der Waals surface area contributed by atoms with Gasteiger partial charge in [-0.1, -0.05) is 0 Å². The molecule has 1 fully saturated rings. The molecule has 3 nitrogen and oxygen atoms in total. The van der Waals surface area contributed by atoms with E-state index in [0.29, 0.717) is 0 Å². The van der Waals surface area contributed by atoms with Gasteiger partial charge in [0.15, 0.2) is 11.5 Å². The van der Waals surface area contributed by atoms with E-state index >= 15 is 0 Å². The predicted molar refractivity (Wildman–Crippen MR) is 66.5 cm³/mol. The molecule has 0 bridgehead atoms. The number of fused-ring (bicyclic) bond motifs is 2. The minimum Gasteiger partial charge on any atom is -0.504 e. The Bertz CT molecular complexity index is 436. The maximum absolute atomic E-state index is 9.72. The molecule has 1 heterocycles. The van der Waals surface area contributed by atoms with Crippen LogP contribution in [0.1, 0.15) is 36.8 Å². The van der Waals surface area contributed by atoms with Gasteiger partial charge in [0.05, 0.1) is 0 Å². The first-order chi connectivity index (χ1) is 8.21. The molecular weight excluding hydrogens is 214 g/mol. The van der Waals surface area contributed by atoms with E-state index in [2.05, 4.69) is 5.32 Å². The quantitative estimate of drug-likeness (QED) is 0.601. The van der Waals surface area contributed by atoms with Crippen molar-refractivity contribution in [2.45, 2.75) is 37.5 Å². The van der Waals surface area contributed by atoms with E-state index in [0.717, 1.165) is 19.5 Å². The Morgan fingerprint density at radius 3 is 2.59 bits per heavy atom. The summed E-state index contributed by atoms with van der Waals surface area (Å²) in [6, 6.07) is 3.54. The Hall–Kier alpha value is -1.22. The smallest absolute Gasteiger partial charge is 0.157 e. The Morgan fingerprint density at radius 1 is 1.06 bits per heavy atom. The van der Waals surface area contributed by atoms with Crippen molar-refractivity contribution in [2.75, 3.05) is 13.1 Å². The molecule has 3 rings (SSSR count). The highest BCUT2D eigenvalue weighted by Crippen LogP contribution is 2.45. The normalized spacial score (nSPS) is 28.0. The van der Waals surface area contributed by atoms with Gasteiger partial charge < -0.3 is 15.5 Å². The fourth-order valence-corrected chi connectivity index (χ4v) is 3.48. The van der Waals surface area contributed by atoms with Crippen LogP contribution in [0.4, 0.5) is 0 Å². The highest BCUT2D eigenvalue weighted by atomic mass is 16.3. The average Bonchev–Trinajstić information content (AvgIpc) is 2.33. The lowest BCUT2D eigenvalue weighted by molar-refractivity contribution is 0.271. The lowest BCUT2D eigenvalue weighted by Crippen LogP contribution is -2.45. The number of aromatic hydroxyl groups is 2. The largest absolute Gasteiger partial charge is 0.504 e. The van der Waals surface area contributed by atoms with Gasteiger partial charge in [0, 0.05) is 12.0 Å². The number of hydrogen-bond donors (Lipinski definition) is 3. The standard InChI is InChI=1S/C14H19NO2/c16-12-7-10-3-1-4-14(5-2-6-15-9-14)11(10)8-13(12)17/h7-8,15-17H,1-6,9H2. The van der Waals surface area contributed by atoms with Crippen LogP contribution < -0.4 is 5.32 Å². The van der Waals surface area contributed by atoms with Crippen LogP contribution in [0.3, 0.4) is 0 Å². The molecule has 1 aliphatic heterocycles. The van der Waals surface area contributed by atoms with Crippen molar-refractivity contribution in [1.29, 1.82) is 0 Å². The van der Waals surface area contributed by atoms with Crippen molar-refractivity contribution in [3.8, 4) is 11.5 Å². The summed E-state index contributed by atoms with van der Waals surface area (Å²) in [6.45, 7) is 2.10. The first kappa shape index (κ1) is 10.9. The van der Waals surface area contributed by atoms with Crippen LogP contribution in [-0.2, 0) is 11.8 Å². The van der Waals surface area contributed by atoms with Crippen LogP contribution >= 0.6 is 0 Å². The van der Waals surface area contributed by atoms with E-state index in [1.807, 2.05) is 0 Å². The van der Waals surface area contributed by atoms with Crippen molar-refractivity contribution in [2.24, 2.45) is 0 Å². The molecular formula is C14H19NO2. The summed E-state index contributed by atoms with van der Waals surface area (Å²) < 4.78 is 0. The molecule has 1 spiro atoms. The van der Waals surface area contributed by atoms with E-state index in [1.54, 1.807) is 12.1 Å². The predicted octanol–water partition coefficient (Wildman–Crippen LogP) is 2.06. The van der Waals surface area contributed by atoms with Gasteiger partial charge in [-0.05, 0) is 61.9 Å². The van der Waals surface area contributed by atoms with Crippen LogP contribution in [0.2, 0.25) is 0 Å². The fourth-order valence-electron chi connectivity index (χ4n) is 3.48. The highest BCUT2D eigenvalue weighted by molar-refractivity contribution is 5.50. The summed E-state index contributed by atoms with van der Waals surface area (Å²) in [5.74, 6) is 0.0418. The molecule has 3 heteroatoms. The summed E-state index contributed by atoms with van der Waals surface area (Å²) >= 11 is 0. The zero-order valence-corrected chi connectivity index (χ0v) is 10.00. The van der Waals surface area contributed by atoms with Crippen molar-refractivity contribution >= 4 is 0 Å². The van der Waals surface area contributed by atoms with Crippen molar-refractivity contribution in [3.63, 3.8) is 0 Å². The van der Waals surface area contributed by atoms with E-state index in [-0.39, 0.29) is 16.9 Å². The van der Waals surface area contributed by atoms with Crippen molar-refractivity contribution in [1.82, 2.24) is 5.32 Å². The molecule has 0 saturated carbocycles. The molecule has 1 aromatic rings. The first-order valence-corrected chi connectivity index (χ1v) is 6.47. The minimum atomic E-state index is 0.0181. The van der Waals surface area contributed by atoms with Gasteiger partial charge in [-0.2, -0.15) is 0 Å². The molecule has 1 aromatic carbocycles. The number of aryl methyl sites for hydroxylation is 1. The number of phenolic OH excluding ortho intramolecular Hbond substituents is 2. The van der Waals surface area contributed by atoms with Crippen LogP contribution in [0, 0.1) is 0 Å². The summed E-state index contributed by atoms with van der Waals surface area (Å²) in [4.78, 5) is 0. The number of phenols is 2. The molecule has 1 atom stereocenters. The van der Waals surface area contributed by atoms with Gasteiger partial charge in [-0.15, -0.1) is 0 Å². The number of hydrogen-bond acceptors (Lipinski definition) is 3. The zero-order chi connectivity index (χ0) is 11.9. The third-order valence-corrected chi connectivity index (χ3v) is 4.35. The van der Waals surface area contributed by atoms with Gasteiger partial charge in [-0.3, -0.25) is 0 Å². The maximum atomic E-state index is 9.72. The second kappa shape index (κ2) is 3.91. The van der Waals surface area contributed by atoms with E-state index in [4.69, 9.17) is 0 Å². The maximum Gasteiger partial charge on any atom is 0.157 e. The number of rotatable bonds is 0. The molecule has 92 valence electrons. The molecule has 2 aliphatic rings. The molecule has 1 unspecified atom stereocenters. The van der Waals surface area contributed by atoms with Gasteiger partial charge in [0.25, 0.3) is 0 Å². The monoisotopic (exact) mass is 233 g/mol. The van der Waals surface area contributed by atoms with Crippen molar-refractivity contribution < 1.29 is 10.2 Å². The van der Waals surface area contributed by atoms with Crippen molar-refractivity contribution in [3.05, 3.63) is 23.3 Å². The Labute approximate surface area is 101 Å². The van der Waals surface area contributed by atoms with Crippen LogP contribution in [0.5, 0.6) is 11.5 Å². The van der Waals surface area contributed by atoms with E-state index < -0.39 is 0 Å². The summed E-state index contributed by atoms with van der Waals surface area (Å²) in [6.07, 6.45) is 5.78. The second-order valence-corrected chi connectivity index (χ2v) is 5.41. The van der Waals surface area contributed by atoms with Crippen LogP contribution in [-0.4, -0.2) is 23.3 Å². The fraction of sp³-hybridized carbons (Fsp3) is 0.571. The number of benzene rings is 1. The molecule has 1 saturated heterocycles. The summed E-state index contributed by atoms with van der Waals surface area (Å²) in [5.41, 5.74) is 2.67. The van der Waals surface area contributed by atoms with Gasteiger partial charge in [-0.25, -0.2) is 0 Å². The van der Waals surface area contributed by atoms with Crippen LogP contribution in [0.15, 0.2) is 12.1 Å². The lowest BCUT2D eigenvalue weighted by Gasteiger charge is -2.42. The Balaban J connectivity index is 2.09. The van der Waals surface area contributed by atoms with Gasteiger partial charge >= 0.3 is 0 Å². The third-order valence-electron chi connectivity index (χ3n) is 4.35. The van der Waals surface area contributed by atoms with Gasteiger partial charge in [0.1, 0.15) is 0 Å². The lowest BCUT2D eigenvalue weighted by atomic mass is 9.66.